The summed E-state index contributed by atoms with van der Waals surface area (Å²) in [6.07, 6.45) is 0. The first-order chi connectivity index (χ1) is 11.2. The minimum atomic E-state index is -0.416. The molecule has 0 fully saturated rings. The van der Waals surface area contributed by atoms with Crippen molar-refractivity contribution < 1.29 is 9.53 Å². The number of thiazole rings is 1. The Morgan fingerprint density at radius 3 is 2.48 bits per heavy atom. The van der Waals surface area contributed by atoms with E-state index in [-0.39, 0.29) is 0 Å². The Labute approximate surface area is 142 Å². The highest BCUT2D eigenvalue weighted by molar-refractivity contribution is 7.17. The molecule has 0 unspecified atom stereocenters. The van der Waals surface area contributed by atoms with Crippen LogP contribution in [0.4, 0.5) is 11.5 Å². The van der Waals surface area contributed by atoms with Gasteiger partial charge < -0.3 is 10.1 Å². The van der Waals surface area contributed by atoms with Gasteiger partial charge in [-0.15, -0.1) is 11.3 Å². The standard InChI is InChI=1S/C17H13ClN2O2S/c1-22-17(21)14-15(19-13-5-3-2-4-6-13)20-16(23-14)11-7-9-12(18)10-8-11/h2-10,19H,1H3. The largest absolute Gasteiger partial charge is 0.465 e. The monoisotopic (exact) mass is 344 g/mol. The van der Waals surface area contributed by atoms with Crippen LogP contribution in [0.2, 0.25) is 5.02 Å². The third kappa shape index (κ3) is 3.52. The maximum absolute atomic E-state index is 12.0. The highest BCUT2D eigenvalue weighted by Crippen LogP contribution is 2.33. The number of esters is 1. The maximum Gasteiger partial charge on any atom is 0.351 e. The number of aromatic nitrogens is 1. The molecular weight excluding hydrogens is 332 g/mol. The average Bonchev–Trinajstić information content (AvgIpc) is 2.99. The zero-order chi connectivity index (χ0) is 16.2. The Morgan fingerprint density at radius 1 is 1.13 bits per heavy atom. The Kier molecular flexibility index (Phi) is 4.60. The third-order valence-corrected chi connectivity index (χ3v) is 4.46. The van der Waals surface area contributed by atoms with Gasteiger partial charge >= 0.3 is 5.97 Å². The van der Waals surface area contributed by atoms with Crippen LogP contribution in [0.3, 0.4) is 0 Å². The van der Waals surface area contributed by atoms with E-state index in [9.17, 15) is 4.79 Å². The van der Waals surface area contributed by atoms with E-state index in [2.05, 4.69) is 10.3 Å². The van der Waals surface area contributed by atoms with Gasteiger partial charge in [0.2, 0.25) is 0 Å². The number of anilines is 2. The molecule has 0 amide bonds. The van der Waals surface area contributed by atoms with Gasteiger partial charge in [-0.2, -0.15) is 0 Å². The molecule has 1 N–H and O–H groups in total. The molecule has 0 aliphatic carbocycles. The highest BCUT2D eigenvalue weighted by atomic mass is 35.5. The topological polar surface area (TPSA) is 51.2 Å². The highest BCUT2D eigenvalue weighted by Gasteiger charge is 2.19. The van der Waals surface area contributed by atoms with Gasteiger partial charge in [0.05, 0.1) is 7.11 Å². The molecule has 116 valence electrons. The fraction of sp³-hybridized carbons (Fsp3) is 0.0588. The van der Waals surface area contributed by atoms with Crippen molar-refractivity contribution in [1.82, 2.24) is 4.98 Å². The van der Waals surface area contributed by atoms with Crippen LogP contribution in [-0.2, 0) is 4.74 Å². The molecular formula is C17H13ClN2O2S. The van der Waals surface area contributed by atoms with Crippen LogP contribution in [0.1, 0.15) is 9.67 Å². The molecule has 0 bridgehead atoms. The van der Waals surface area contributed by atoms with Gasteiger partial charge in [0, 0.05) is 16.3 Å². The number of para-hydroxylation sites is 1. The zero-order valence-electron chi connectivity index (χ0n) is 12.2. The predicted molar refractivity (Wildman–Crippen MR) is 93.6 cm³/mol. The van der Waals surface area contributed by atoms with Crippen LogP contribution in [0, 0.1) is 0 Å². The van der Waals surface area contributed by atoms with E-state index in [1.54, 1.807) is 12.1 Å². The van der Waals surface area contributed by atoms with Crippen molar-refractivity contribution in [2.24, 2.45) is 0 Å². The van der Waals surface area contributed by atoms with Gasteiger partial charge in [-0.1, -0.05) is 41.9 Å². The van der Waals surface area contributed by atoms with Crippen molar-refractivity contribution in [3.8, 4) is 10.6 Å². The van der Waals surface area contributed by atoms with Crippen LogP contribution in [0.15, 0.2) is 54.6 Å². The number of carbonyl (C=O) groups is 1. The molecule has 1 heterocycles. The average molecular weight is 345 g/mol. The first-order valence-electron chi connectivity index (χ1n) is 6.84. The predicted octanol–water partition coefficient (Wildman–Crippen LogP) is 4.99. The molecule has 6 heteroatoms. The van der Waals surface area contributed by atoms with Crippen molar-refractivity contribution >= 4 is 40.4 Å². The number of nitrogens with zero attached hydrogens (tertiary/aromatic N) is 1. The van der Waals surface area contributed by atoms with E-state index in [1.165, 1.54) is 18.4 Å². The Bertz CT molecular complexity index is 816. The molecule has 23 heavy (non-hydrogen) atoms. The quantitative estimate of drug-likeness (QED) is 0.677. The van der Waals surface area contributed by atoms with Crippen molar-refractivity contribution in [2.75, 3.05) is 12.4 Å². The van der Waals surface area contributed by atoms with Gasteiger partial charge in [0.1, 0.15) is 5.01 Å². The Balaban J connectivity index is 2.00. The molecule has 4 nitrogen and oxygen atoms in total. The molecule has 2 aromatic carbocycles. The number of carbonyl (C=O) groups excluding carboxylic acids is 1. The lowest BCUT2D eigenvalue weighted by molar-refractivity contribution is 0.0607. The number of nitrogens with one attached hydrogen (secondary N) is 1. The van der Waals surface area contributed by atoms with Crippen LogP contribution >= 0.6 is 22.9 Å². The molecule has 0 radical (unpaired) electrons. The lowest BCUT2D eigenvalue weighted by atomic mass is 10.2. The summed E-state index contributed by atoms with van der Waals surface area (Å²) in [5.41, 5.74) is 1.75. The number of halogens is 1. The van der Waals surface area contributed by atoms with E-state index < -0.39 is 5.97 Å². The lowest BCUT2D eigenvalue weighted by Gasteiger charge is -2.04. The van der Waals surface area contributed by atoms with Gasteiger partial charge in [0.25, 0.3) is 0 Å². The summed E-state index contributed by atoms with van der Waals surface area (Å²) in [5, 5.41) is 4.54. The van der Waals surface area contributed by atoms with E-state index in [4.69, 9.17) is 16.3 Å². The molecule has 0 atom stereocenters. The summed E-state index contributed by atoms with van der Waals surface area (Å²) < 4.78 is 4.85. The second kappa shape index (κ2) is 6.81. The smallest absolute Gasteiger partial charge is 0.351 e. The normalized spacial score (nSPS) is 10.3. The molecule has 0 spiro atoms. The molecule has 3 aromatic rings. The SMILES string of the molecule is COC(=O)c1sc(-c2ccc(Cl)cc2)nc1Nc1ccccc1. The molecule has 0 saturated carbocycles. The summed E-state index contributed by atoms with van der Waals surface area (Å²) in [6, 6.07) is 16.9. The van der Waals surface area contributed by atoms with Crippen molar-refractivity contribution in [2.45, 2.75) is 0 Å². The van der Waals surface area contributed by atoms with E-state index in [0.29, 0.717) is 15.7 Å². The molecule has 1 aromatic heterocycles. The number of rotatable bonds is 4. The number of hydrogen-bond donors (Lipinski definition) is 1. The number of benzene rings is 2. The number of ether oxygens (including phenoxy) is 1. The molecule has 0 aliphatic rings. The van der Waals surface area contributed by atoms with E-state index in [1.807, 2.05) is 42.5 Å². The molecule has 0 saturated heterocycles. The fourth-order valence-electron chi connectivity index (χ4n) is 2.01. The Morgan fingerprint density at radius 2 is 1.83 bits per heavy atom. The summed E-state index contributed by atoms with van der Waals surface area (Å²) >= 11 is 7.19. The minimum absolute atomic E-state index is 0.416. The summed E-state index contributed by atoms with van der Waals surface area (Å²) in [5.74, 6) is 0.0687. The summed E-state index contributed by atoms with van der Waals surface area (Å²) in [7, 11) is 1.36. The molecule has 0 aliphatic heterocycles. The van der Waals surface area contributed by atoms with E-state index in [0.717, 1.165) is 16.3 Å². The van der Waals surface area contributed by atoms with Crippen LogP contribution in [0.25, 0.3) is 10.6 Å². The first kappa shape index (κ1) is 15.5. The van der Waals surface area contributed by atoms with Crippen LogP contribution in [0.5, 0.6) is 0 Å². The zero-order valence-corrected chi connectivity index (χ0v) is 13.8. The Hall–Kier alpha value is -2.37. The number of methoxy groups -OCH3 is 1. The summed E-state index contributed by atoms with van der Waals surface area (Å²) in [4.78, 5) is 17.0. The maximum atomic E-state index is 12.0. The number of hydrogen-bond acceptors (Lipinski definition) is 5. The second-order valence-electron chi connectivity index (χ2n) is 4.69. The van der Waals surface area contributed by atoms with Crippen LogP contribution < -0.4 is 5.32 Å². The van der Waals surface area contributed by atoms with Crippen molar-refractivity contribution in [3.63, 3.8) is 0 Å². The molecule has 3 rings (SSSR count). The fourth-order valence-corrected chi connectivity index (χ4v) is 3.08. The minimum Gasteiger partial charge on any atom is -0.465 e. The van der Waals surface area contributed by atoms with Gasteiger partial charge in [-0.3, -0.25) is 0 Å². The van der Waals surface area contributed by atoms with E-state index >= 15 is 0 Å². The summed E-state index contributed by atoms with van der Waals surface area (Å²) in [6.45, 7) is 0. The first-order valence-corrected chi connectivity index (χ1v) is 8.04. The van der Waals surface area contributed by atoms with Crippen molar-refractivity contribution in [1.29, 1.82) is 0 Å². The lowest BCUT2D eigenvalue weighted by Crippen LogP contribution is -2.02. The van der Waals surface area contributed by atoms with Gasteiger partial charge in [-0.25, -0.2) is 9.78 Å². The van der Waals surface area contributed by atoms with Crippen molar-refractivity contribution in [3.05, 3.63) is 64.5 Å². The second-order valence-corrected chi connectivity index (χ2v) is 6.12. The third-order valence-electron chi connectivity index (χ3n) is 3.13. The van der Waals surface area contributed by atoms with Crippen LogP contribution in [-0.4, -0.2) is 18.1 Å². The van der Waals surface area contributed by atoms with Gasteiger partial charge in [0.15, 0.2) is 10.7 Å². The van der Waals surface area contributed by atoms with Gasteiger partial charge in [-0.05, 0) is 24.3 Å².